The van der Waals surface area contributed by atoms with Crippen molar-refractivity contribution in [1.82, 2.24) is 10.6 Å². The molecule has 0 saturated carbocycles. The second-order valence-corrected chi connectivity index (χ2v) is 9.58. The molecule has 7 nitrogen and oxygen atoms in total. The van der Waals surface area contributed by atoms with Crippen LogP contribution in [0, 0.1) is 17.8 Å². The zero-order valence-electron chi connectivity index (χ0n) is 17.2. The van der Waals surface area contributed by atoms with Crippen LogP contribution in [0.25, 0.3) is 0 Å². The fraction of sp³-hybridized carbons (Fsp3) is 0.364. The van der Waals surface area contributed by atoms with Gasteiger partial charge in [-0.2, -0.15) is 0 Å². The topological polar surface area (TPSA) is 111 Å². The molecule has 1 atom stereocenters. The van der Waals surface area contributed by atoms with Crippen molar-refractivity contribution >= 4 is 45.4 Å². The fourth-order valence-electron chi connectivity index (χ4n) is 3.28. The average molecular weight is 462 g/mol. The smallest absolute Gasteiger partial charge is 0.261 e. The predicted octanol–water partition coefficient (Wildman–Crippen LogP) is 2.52. The molecule has 0 bridgehead atoms. The summed E-state index contributed by atoms with van der Waals surface area (Å²) < 4.78 is 0. The van der Waals surface area contributed by atoms with Crippen LogP contribution in [0.5, 0.6) is 0 Å². The normalized spacial score (nSPS) is 15.8. The number of hydrogen-bond acceptors (Lipinski definition) is 6. The number of benzene rings is 1. The van der Waals surface area contributed by atoms with E-state index in [4.69, 9.17) is 23.1 Å². The van der Waals surface area contributed by atoms with Crippen LogP contribution in [0.4, 0.5) is 10.7 Å². The molecule has 1 aromatic carbocycles. The first-order valence-corrected chi connectivity index (χ1v) is 10.9. The van der Waals surface area contributed by atoms with Crippen molar-refractivity contribution in [2.45, 2.75) is 26.4 Å². The number of anilines is 2. The molecule has 1 aliphatic rings. The van der Waals surface area contributed by atoms with Crippen LogP contribution in [-0.4, -0.2) is 47.8 Å². The van der Waals surface area contributed by atoms with E-state index in [-0.39, 0.29) is 17.9 Å². The highest BCUT2D eigenvalue weighted by molar-refractivity contribution is 7.18. The van der Waals surface area contributed by atoms with Gasteiger partial charge in [0.2, 0.25) is 0 Å². The van der Waals surface area contributed by atoms with Gasteiger partial charge in [0, 0.05) is 18.7 Å². The summed E-state index contributed by atoms with van der Waals surface area (Å²) >= 11 is 7.52. The third-order valence-electron chi connectivity index (χ3n) is 4.92. The second kappa shape index (κ2) is 9.28. The molecule has 2 amide bonds. The molecule has 9 heteroatoms. The van der Waals surface area contributed by atoms with Crippen LogP contribution < -0.4 is 16.0 Å². The van der Waals surface area contributed by atoms with Gasteiger partial charge in [0.25, 0.3) is 11.8 Å². The third kappa shape index (κ3) is 5.20. The van der Waals surface area contributed by atoms with Gasteiger partial charge in [-0.3, -0.25) is 9.59 Å². The Morgan fingerprint density at radius 1 is 1.45 bits per heavy atom. The summed E-state index contributed by atoms with van der Waals surface area (Å²) in [6.07, 6.45) is 4.84. The number of rotatable bonds is 6. The minimum Gasteiger partial charge on any atom is -0.394 e. The lowest BCUT2D eigenvalue weighted by Gasteiger charge is -2.22. The standard InChI is InChI=1S/C22H24ClN3O4S/c1-4-12-5-6-16(15(23)7-12)26-21-17(19(29)24-9-13(28)10-27)14-8-22(2,3)11-25-20(30)18(14)31-21/h1,5-7,13,26-28H,8-11H2,2-3H3,(H,24,29)(H,25,30)/t13-/m0/s1. The Bertz CT molecular complexity index is 1060. The lowest BCUT2D eigenvalue weighted by Crippen LogP contribution is -2.34. The number of carbonyl (C=O) groups is 2. The van der Waals surface area contributed by atoms with Crippen molar-refractivity contribution in [1.29, 1.82) is 0 Å². The highest BCUT2D eigenvalue weighted by Gasteiger charge is 2.34. The highest BCUT2D eigenvalue weighted by atomic mass is 35.5. The molecule has 5 N–H and O–H groups in total. The number of aliphatic hydroxyl groups is 2. The zero-order valence-corrected chi connectivity index (χ0v) is 18.8. The van der Waals surface area contributed by atoms with E-state index in [0.29, 0.717) is 50.2 Å². The van der Waals surface area contributed by atoms with E-state index >= 15 is 0 Å². The Labute approximate surface area is 189 Å². The first-order valence-electron chi connectivity index (χ1n) is 9.69. The summed E-state index contributed by atoms with van der Waals surface area (Å²) in [5, 5.41) is 28.2. The largest absolute Gasteiger partial charge is 0.394 e. The average Bonchev–Trinajstić information content (AvgIpc) is 3.03. The van der Waals surface area contributed by atoms with Crippen LogP contribution in [0.15, 0.2) is 18.2 Å². The van der Waals surface area contributed by atoms with E-state index in [2.05, 4.69) is 21.9 Å². The minimum absolute atomic E-state index is 0.118. The minimum atomic E-state index is -1.08. The van der Waals surface area contributed by atoms with Gasteiger partial charge in [-0.15, -0.1) is 17.8 Å². The predicted molar refractivity (Wildman–Crippen MR) is 122 cm³/mol. The number of thiophene rings is 1. The molecule has 0 aliphatic carbocycles. The summed E-state index contributed by atoms with van der Waals surface area (Å²) in [4.78, 5) is 26.3. The summed E-state index contributed by atoms with van der Waals surface area (Å²) in [6, 6.07) is 5.07. The first kappa shape index (κ1) is 23.1. The molecule has 0 saturated heterocycles. The van der Waals surface area contributed by atoms with Gasteiger partial charge in [-0.25, -0.2) is 0 Å². The number of terminal acetylenes is 1. The molecule has 164 valence electrons. The van der Waals surface area contributed by atoms with Crippen molar-refractivity contribution in [2.24, 2.45) is 5.41 Å². The molecule has 0 radical (unpaired) electrons. The monoisotopic (exact) mass is 461 g/mol. The maximum atomic E-state index is 13.1. The van der Waals surface area contributed by atoms with Gasteiger partial charge in [0.05, 0.1) is 33.9 Å². The molecular weight excluding hydrogens is 438 g/mol. The maximum Gasteiger partial charge on any atom is 0.261 e. The molecular formula is C22H24ClN3O4S. The van der Waals surface area contributed by atoms with Gasteiger partial charge in [-0.1, -0.05) is 31.4 Å². The van der Waals surface area contributed by atoms with E-state index in [0.717, 1.165) is 0 Å². The number of amides is 2. The Balaban J connectivity index is 2.06. The molecule has 2 aromatic rings. The van der Waals surface area contributed by atoms with Crippen molar-refractivity contribution < 1.29 is 19.8 Å². The third-order valence-corrected chi connectivity index (χ3v) is 6.38. The Morgan fingerprint density at radius 2 is 2.19 bits per heavy atom. The van der Waals surface area contributed by atoms with Gasteiger partial charge in [0.15, 0.2) is 0 Å². The highest BCUT2D eigenvalue weighted by Crippen LogP contribution is 2.41. The molecule has 31 heavy (non-hydrogen) atoms. The lowest BCUT2D eigenvalue weighted by atomic mass is 9.85. The van der Waals surface area contributed by atoms with Crippen LogP contribution in [-0.2, 0) is 6.42 Å². The Kier molecular flexibility index (Phi) is 6.92. The zero-order chi connectivity index (χ0) is 22.8. The molecule has 0 unspecified atom stereocenters. The number of hydrogen-bond donors (Lipinski definition) is 5. The second-order valence-electron chi connectivity index (χ2n) is 8.15. The first-order chi connectivity index (χ1) is 14.6. The van der Waals surface area contributed by atoms with Gasteiger partial charge >= 0.3 is 0 Å². The van der Waals surface area contributed by atoms with Crippen LogP contribution in [0.2, 0.25) is 5.02 Å². The number of fused-ring (bicyclic) bond motifs is 1. The van der Waals surface area contributed by atoms with E-state index in [1.54, 1.807) is 18.2 Å². The molecule has 1 aliphatic heterocycles. The molecule has 3 rings (SSSR count). The summed E-state index contributed by atoms with van der Waals surface area (Å²) in [7, 11) is 0. The van der Waals surface area contributed by atoms with Crippen LogP contribution in [0.1, 0.15) is 45.0 Å². The number of aliphatic hydroxyl groups excluding tert-OH is 2. The van der Waals surface area contributed by atoms with Gasteiger partial charge < -0.3 is 26.2 Å². The summed E-state index contributed by atoms with van der Waals surface area (Å²) in [6.45, 7) is 3.92. The van der Waals surface area contributed by atoms with Crippen LogP contribution >= 0.6 is 22.9 Å². The van der Waals surface area contributed by atoms with Gasteiger partial charge in [-0.05, 0) is 35.6 Å². The summed E-state index contributed by atoms with van der Waals surface area (Å²) in [5.74, 6) is 1.82. The SMILES string of the molecule is C#Cc1ccc(Nc2sc3c(c2C(=O)NC[C@H](O)CO)CC(C)(C)CNC3=O)c(Cl)c1. The van der Waals surface area contributed by atoms with E-state index in [1.165, 1.54) is 11.3 Å². The van der Waals surface area contributed by atoms with Gasteiger partial charge in [0.1, 0.15) is 5.00 Å². The van der Waals surface area contributed by atoms with Crippen molar-refractivity contribution in [3.63, 3.8) is 0 Å². The van der Waals surface area contributed by atoms with Crippen LogP contribution in [0.3, 0.4) is 0 Å². The Hall–Kier alpha value is -2.57. The fourth-order valence-corrected chi connectivity index (χ4v) is 4.65. The van der Waals surface area contributed by atoms with Crippen molar-refractivity contribution in [3.05, 3.63) is 44.8 Å². The van der Waals surface area contributed by atoms with E-state index in [9.17, 15) is 14.7 Å². The number of nitrogens with one attached hydrogen (secondary N) is 3. The maximum absolute atomic E-state index is 13.1. The molecule has 2 heterocycles. The number of carbonyl (C=O) groups excluding carboxylic acids is 2. The molecule has 1 aromatic heterocycles. The quantitative estimate of drug-likeness (QED) is 0.424. The Morgan fingerprint density at radius 3 is 2.84 bits per heavy atom. The molecule has 0 fully saturated rings. The van der Waals surface area contributed by atoms with E-state index < -0.39 is 18.6 Å². The molecule has 0 spiro atoms. The van der Waals surface area contributed by atoms with Crippen molar-refractivity contribution in [3.8, 4) is 12.3 Å². The number of halogens is 1. The lowest BCUT2D eigenvalue weighted by molar-refractivity contribution is 0.0802. The summed E-state index contributed by atoms with van der Waals surface area (Å²) in [5.41, 5.74) is 1.87. The van der Waals surface area contributed by atoms with E-state index in [1.807, 2.05) is 13.8 Å². The van der Waals surface area contributed by atoms with Crippen molar-refractivity contribution in [2.75, 3.05) is 25.0 Å².